The van der Waals surface area contributed by atoms with Gasteiger partial charge in [-0.2, -0.15) is 0 Å². The van der Waals surface area contributed by atoms with Gasteiger partial charge in [0.2, 0.25) is 0 Å². The molecule has 0 aliphatic rings. The number of hydrogen-bond donors (Lipinski definition) is 1. The summed E-state index contributed by atoms with van der Waals surface area (Å²) < 4.78 is 13.8. The Hall–Kier alpha value is -0.200. The fraction of sp³-hybridized carbons (Fsp3) is 0.455. The van der Waals surface area contributed by atoms with Gasteiger partial charge in [-0.3, -0.25) is 0 Å². The van der Waals surface area contributed by atoms with Gasteiger partial charge in [0.05, 0.1) is 0 Å². The van der Waals surface area contributed by atoms with Crippen LogP contribution in [0.25, 0.3) is 0 Å². The second-order valence-corrected chi connectivity index (χ2v) is 4.88. The van der Waals surface area contributed by atoms with E-state index in [1.54, 1.807) is 6.07 Å². The summed E-state index contributed by atoms with van der Waals surface area (Å²) in [5, 5.41) is 3.32. The Morgan fingerprint density at radius 1 is 1.40 bits per heavy atom. The van der Waals surface area contributed by atoms with E-state index in [4.69, 9.17) is 0 Å². The maximum atomic E-state index is 12.8. The van der Waals surface area contributed by atoms with Crippen molar-refractivity contribution < 1.29 is 4.39 Å². The third kappa shape index (κ3) is 4.90. The van der Waals surface area contributed by atoms with Gasteiger partial charge in [0.1, 0.15) is 5.82 Å². The number of rotatable bonds is 5. The molecule has 0 heterocycles. The van der Waals surface area contributed by atoms with Gasteiger partial charge in [-0.25, -0.2) is 4.39 Å². The monoisotopic (exact) mass is 322 g/mol. The number of nitrogens with zero attached hydrogens (tertiary/aromatic N) is 1. The molecule has 0 saturated carbocycles. The van der Waals surface area contributed by atoms with Crippen LogP contribution in [-0.4, -0.2) is 32.1 Å². The van der Waals surface area contributed by atoms with Crippen molar-refractivity contribution in [1.82, 2.24) is 10.2 Å². The molecule has 0 radical (unpaired) electrons. The molecule has 4 heteroatoms. The summed E-state index contributed by atoms with van der Waals surface area (Å²) >= 11 is 2.16. The molecule has 0 atom stereocenters. The van der Waals surface area contributed by atoms with Crippen LogP contribution in [0.3, 0.4) is 0 Å². The second kappa shape index (κ2) is 6.40. The molecule has 0 amide bonds. The van der Waals surface area contributed by atoms with Crippen LogP contribution in [0.15, 0.2) is 18.2 Å². The van der Waals surface area contributed by atoms with Crippen LogP contribution >= 0.6 is 22.6 Å². The van der Waals surface area contributed by atoms with Crippen molar-refractivity contribution in [3.05, 3.63) is 33.1 Å². The standard InChI is InChI=1S/C11H16FIN2/c1-15(2)6-5-14-8-9-3-4-10(12)7-11(9)13/h3-4,7,14H,5-6,8H2,1-2H3. The number of halogens is 2. The summed E-state index contributed by atoms with van der Waals surface area (Å²) in [4.78, 5) is 2.13. The molecule has 1 aromatic carbocycles. The Bertz CT molecular complexity index is 315. The van der Waals surface area contributed by atoms with Gasteiger partial charge >= 0.3 is 0 Å². The van der Waals surface area contributed by atoms with E-state index in [9.17, 15) is 4.39 Å². The summed E-state index contributed by atoms with van der Waals surface area (Å²) in [6.07, 6.45) is 0. The van der Waals surface area contributed by atoms with Gasteiger partial charge in [0.15, 0.2) is 0 Å². The third-order valence-electron chi connectivity index (χ3n) is 2.07. The number of benzene rings is 1. The largest absolute Gasteiger partial charge is 0.311 e. The summed E-state index contributed by atoms with van der Waals surface area (Å²) in [5.41, 5.74) is 1.15. The zero-order valence-corrected chi connectivity index (χ0v) is 11.2. The van der Waals surface area contributed by atoms with Crippen LogP contribution < -0.4 is 5.32 Å². The molecule has 0 aliphatic heterocycles. The molecule has 0 spiro atoms. The Labute approximate surface area is 104 Å². The fourth-order valence-electron chi connectivity index (χ4n) is 1.19. The zero-order valence-electron chi connectivity index (χ0n) is 9.06. The molecule has 1 rings (SSSR count). The zero-order chi connectivity index (χ0) is 11.3. The normalized spacial score (nSPS) is 11.0. The van der Waals surface area contributed by atoms with Gasteiger partial charge < -0.3 is 10.2 Å². The van der Waals surface area contributed by atoms with E-state index in [1.165, 1.54) is 6.07 Å². The topological polar surface area (TPSA) is 15.3 Å². The van der Waals surface area contributed by atoms with E-state index in [-0.39, 0.29) is 5.82 Å². The van der Waals surface area contributed by atoms with Crippen LogP contribution in [0.5, 0.6) is 0 Å². The molecule has 2 nitrogen and oxygen atoms in total. The molecule has 0 bridgehead atoms. The lowest BCUT2D eigenvalue weighted by atomic mass is 10.2. The Kier molecular flexibility index (Phi) is 5.49. The van der Waals surface area contributed by atoms with E-state index in [0.717, 1.165) is 28.8 Å². The van der Waals surface area contributed by atoms with Crippen LogP contribution in [0.2, 0.25) is 0 Å². The van der Waals surface area contributed by atoms with Gasteiger partial charge in [-0.15, -0.1) is 0 Å². The van der Waals surface area contributed by atoms with Crippen molar-refractivity contribution in [1.29, 1.82) is 0 Å². The number of likely N-dealkylation sites (N-methyl/N-ethyl adjacent to an activating group) is 1. The SMILES string of the molecule is CN(C)CCNCc1ccc(F)cc1I. The molecule has 1 aromatic rings. The average molecular weight is 322 g/mol. The van der Waals surface area contributed by atoms with E-state index in [0.29, 0.717) is 0 Å². The Morgan fingerprint density at radius 3 is 2.73 bits per heavy atom. The minimum atomic E-state index is -0.170. The first-order chi connectivity index (χ1) is 7.09. The molecule has 0 saturated heterocycles. The molecule has 0 aliphatic carbocycles. The summed E-state index contributed by atoms with van der Waals surface area (Å²) in [5.74, 6) is -0.170. The highest BCUT2D eigenvalue weighted by Gasteiger charge is 2.00. The highest BCUT2D eigenvalue weighted by Crippen LogP contribution is 2.13. The number of hydrogen-bond acceptors (Lipinski definition) is 2. The second-order valence-electron chi connectivity index (χ2n) is 3.72. The highest BCUT2D eigenvalue weighted by atomic mass is 127. The Balaban J connectivity index is 2.37. The van der Waals surface area contributed by atoms with Crippen molar-refractivity contribution in [2.75, 3.05) is 27.2 Å². The van der Waals surface area contributed by atoms with Crippen molar-refractivity contribution in [3.8, 4) is 0 Å². The van der Waals surface area contributed by atoms with Crippen molar-refractivity contribution in [3.63, 3.8) is 0 Å². The van der Waals surface area contributed by atoms with Crippen LogP contribution in [-0.2, 0) is 6.54 Å². The van der Waals surface area contributed by atoms with Crippen LogP contribution in [0.1, 0.15) is 5.56 Å². The predicted octanol–water partition coefficient (Wildman–Crippen LogP) is 2.08. The molecule has 1 N–H and O–H groups in total. The van der Waals surface area contributed by atoms with Gasteiger partial charge in [-0.1, -0.05) is 6.07 Å². The average Bonchev–Trinajstić information content (AvgIpc) is 2.14. The van der Waals surface area contributed by atoms with E-state index >= 15 is 0 Å². The predicted molar refractivity (Wildman–Crippen MR) is 69.4 cm³/mol. The molecular formula is C11H16FIN2. The smallest absolute Gasteiger partial charge is 0.124 e. The first-order valence-electron chi connectivity index (χ1n) is 4.89. The summed E-state index contributed by atoms with van der Waals surface area (Å²) in [6.45, 7) is 2.75. The first-order valence-corrected chi connectivity index (χ1v) is 5.97. The quantitative estimate of drug-likeness (QED) is 0.660. The van der Waals surface area contributed by atoms with Crippen molar-refractivity contribution in [2.45, 2.75) is 6.54 Å². The maximum absolute atomic E-state index is 12.8. The fourth-order valence-corrected chi connectivity index (χ4v) is 1.86. The molecule has 0 aromatic heterocycles. The minimum Gasteiger partial charge on any atom is -0.311 e. The first kappa shape index (κ1) is 12.9. The molecule has 0 unspecified atom stereocenters. The van der Waals surface area contributed by atoms with Crippen LogP contribution in [0, 0.1) is 9.39 Å². The van der Waals surface area contributed by atoms with E-state index < -0.39 is 0 Å². The highest BCUT2D eigenvalue weighted by molar-refractivity contribution is 14.1. The molecule has 84 valence electrons. The maximum Gasteiger partial charge on any atom is 0.124 e. The lowest BCUT2D eigenvalue weighted by Gasteiger charge is -2.11. The van der Waals surface area contributed by atoms with Crippen molar-refractivity contribution >= 4 is 22.6 Å². The minimum absolute atomic E-state index is 0.170. The van der Waals surface area contributed by atoms with Crippen LogP contribution in [0.4, 0.5) is 4.39 Å². The van der Waals surface area contributed by atoms with E-state index in [1.807, 2.05) is 20.2 Å². The van der Waals surface area contributed by atoms with Crippen molar-refractivity contribution in [2.24, 2.45) is 0 Å². The van der Waals surface area contributed by atoms with Gasteiger partial charge in [0.25, 0.3) is 0 Å². The lowest BCUT2D eigenvalue weighted by Crippen LogP contribution is -2.26. The van der Waals surface area contributed by atoms with Gasteiger partial charge in [-0.05, 0) is 54.4 Å². The molecule has 0 fully saturated rings. The summed E-state index contributed by atoms with van der Waals surface area (Å²) in [7, 11) is 4.09. The molecule has 15 heavy (non-hydrogen) atoms. The van der Waals surface area contributed by atoms with E-state index in [2.05, 4.69) is 32.8 Å². The Morgan fingerprint density at radius 2 is 2.13 bits per heavy atom. The molecular weight excluding hydrogens is 306 g/mol. The lowest BCUT2D eigenvalue weighted by molar-refractivity contribution is 0.400. The number of nitrogens with one attached hydrogen (secondary N) is 1. The third-order valence-corrected chi connectivity index (χ3v) is 3.07. The van der Waals surface area contributed by atoms with Gasteiger partial charge in [0, 0.05) is 23.2 Å². The summed E-state index contributed by atoms with van der Waals surface area (Å²) in [6, 6.07) is 4.90.